The van der Waals surface area contributed by atoms with E-state index in [1.165, 1.54) is 22.9 Å². The van der Waals surface area contributed by atoms with Gasteiger partial charge in [-0.25, -0.2) is 4.39 Å². The molecule has 1 fully saturated rings. The largest absolute Gasteiger partial charge is 0.461 e. The molecule has 2 heterocycles. The van der Waals surface area contributed by atoms with E-state index in [1.54, 1.807) is 24.3 Å². The Morgan fingerprint density at radius 3 is 2.50 bits per heavy atom. The van der Waals surface area contributed by atoms with Gasteiger partial charge in [-0.05, 0) is 55.3 Å². The first-order chi connectivity index (χ1) is 14.5. The number of anilines is 1. The van der Waals surface area contributed by atoms with Crippen molar-refractivity contribution in [2.45, 2.75) is 26.7 Å². The number of hydrogen-bond acceptors (Lipinski definition) is 3. The topological polar surface area (TPSA) is 36.7 Å². The first-order valence-corrected chi connectivity index (χ1v) is 10.5. The zero-order chi connectivity index (χ0) is 21.1. The lowest BCUT2D eigenvalue weighted by Gasteiger charge is -2.37. The van der Waals surface area contributed by atoms with Crippen LogP contribution < -0.4 is 4.90 Å². The summed E-state index contributed by atoms with van der Waals surface area (Å²) in [5.41, 5.74) is 4.30. The van der Waals surface area contributed by atoms with Crippen LogP contribution in [0.1, 0.15) is 23.3 Å². The molecule has 4 nitrogen and oxygen atoms in total. The van der Waals surface area contributed by atoms with Crippen molar-refractivity contribution in [2.75, 3.05) is 31.1 Å². The Kier molecular flexibility index (Phi) is 5.88. The Morgan fingerprint density at radius 1 is 0.967 bits per heavy atom. The number of carbonyl (C=O) groups excluding carboxylic acids is 1. The number of halogens is 1. The fourth-order valence-electron chi connectivity index (χ4n) is 3.98. The van der Waals surface area contributed by atoms with Crippen LogP contribution >= 0.6 is 0 Å². The molecule has 0 aliphatic carbocycles. The number of carbonyl (C=O) groups is 1. The highest BCUT2D eigenvalue weighted by Crippen LogP contribution is 2.26. The monoisotopic (exact) mass is 406 g/mol. The predicted octanol–water partition coefficient (Wildman–Crippen LogP) is 4.98. The number of hydrogen-bond donors (Lipinski definition) is 0. The first-order valence-electron chi connectivity index (χ1n) is 10.5. The fraction of sp³-hybridized carbons (Fsp3) is 0.320. The summed E-state index contributed by atoms with van der Waals surface area (Å²) >= 11 is 0. The molecular formula is C25H27FN2O2. The van der Waals surface area contributed by atoms with E-state index in [2.05, 4.69) is 36.9 Å². The summed E-state index contributed by atoms with van der Waals surface area (Å²) in [5.74, 6) is 1.03. The molecule has 0 spiro atoms. The van der Waals surface area contributed by atoms with Crippen LogP contribution in [0.3, 0.4) is 0 Å². The minimum absolute atomic E-state index is 0.138. The SMILES string of the molecule is Cc1cccc(N2CCN(C(=O)CCc3ccc(-c4ccccc4F)o3)CC2)c1C. The molecule has 5 heteroatoms. The van der Waals surface area contributed by atoms with Crippen molar-refractivity contribution in [1.82, 2.24) is 4.90 Å². The van der Waals surface area contributed by atoms with Gasteiger partial charge in [0.2, 0.25) is 5.91 Å². The van der Waals surface area contributed by atoms with Crippen molar-refractivity contribution < 1.29 is 13.6 Å². The Labute approximate surface area is 176 Å². The average Bonchev–Trinajstić information content (AvgIpc) is 3.23. The Morgan fingerprint density at radius 2 is 1.73 bits per heavy atom. The molecule has 1 aromatic heterocycles. The van der Waals surface area contributed by atoms with Crippen LogP contribution in [0.25, 0.3) is 11.3 Å². The molecule has 0 radical (unpaired) electrons. The van der Waals surface area contributed by atoms with Gasteiger partial charge in [0, 0.05) is 44.7 Å². The molecule has 0 N–H and O–H groups in total. The second kappa shape index (κ2) is 8.74. The summed E-state index contributed by atoms with van der Waals surface area (Å²) in [6.07, 6.45) is 0.915. The zero-order valence-electron chi connectivity index (χ0n) is 17.5. The van der Waals surface area contributed by atoms with E-state index < -0.39 is 0 Å². The van der Waals surface area contributed by atoms with Gasteiger partial charge in [-0.15, -0.1) is 0 Å². The number of aryl methyl sites for hydroxylation is 2. The van der Waals surface area contributed by atoms with Gasteiger partial charge in [-0.2, -0.15) is 0 Å². The van der Waals surface area contributed by atoms with E-state index in [-0.39, 0.29) is 11.7 Å². The molecule has 2 aromatic carbocycles. The van der Waals surface area contributed by atoms with Crippen molar-refractivity contribution in [3.63, 3.8) is 0 Å². The molecule has 4 rings (SSSR count). The summed E-state index contributed by atoms with van der Waals surface area (Å²) in [5, 5.41) is 0. The van der Waals surface area contributed by atoms with E-state index in [9.17, 15) is 9.18 Å². The molecular weight excluding hydrogens is 379 g/mol. The van der Waals surface area contributed by atoms with Crippen LogP contribution in [0, 0.1) is 19.7 Å². The van der Waals surface area contributed by atoms with Crippen molar-refractivity contribution >= 4 is 11.6 Å². The number of furan rings is 1. The summed E-state index contributed by atoms with van der Waals surface area (Å²) < 4.78 is 19.7. The van der Waals surface area contributed by atoms with Gasteiger partial charge in [0.1, 0.15) is 17.3 Å². The predicted molar refractivity (Wildman–Crippen MR) is 117 cm³/mol. The minimum Gasteiger partial charge on any atom is -0.461 e. The molecule has 0 saturated carbocycles. The summed E-state index contributed by atoms with van der Waals surface area (Å²) in [6, 6.07) is 16.5. The van der Waals surface area contributed by atoms with Gasteiger partial charge < -0.3 is 14.2 Å². The molecule has 30 heavy (non-hydrogen) atoms. The number of amides is 1. The van der Waals surface area contributed by atoms with Gasteiger partial charge in [-0.3, -0.25) is 4.79 Å². The molecule has 0 bridgehead atoms. The van der Waals surface area contributed by atoms with Crippen LogP contribution in [-0.2, 0) is 11.2 Å². The lowest BCUT2D eigenvalue weighted by molar-refractivity contribution is -0.131. The highest BCUT2D eigenvalue weighted by molar-refractivity contribution is 5.77. The summed E-state index contributed by atoms with van der Waals surface area (Å²) in [6.45, 7) is 7.42. The highest BCUT2D eigenvalue weighted by atomic mass is 19.1. The maximum absolute atomic E-state index is 13.9. The molecule has 0 unspecified atom stereocenters. The summed E-state index contributed by atoms with van der Waals surface area (Å²) in [7, 11) is 0. The number of benzene rings is 2. The van der Waals surface area contributed by atoms with Crippen molar-refractivity contribution in [2.24, 2.45) is 0 Å². The van der Waals surface area contributed by atoms with Gasteiger partial charge in [0.15, 0.2) is 0 Å². The third-order valence-electron chi connectivity index (χ3n) is 5.94. The van der Waals surface area contributed by atoms with Crippen LogP contribution in [0.4, 0.5) is 10.1 Å². The van der Waals surface area contributed by atoms with Gasteiger partial charge in [0.25, 0.3) is 0 Å². The number of nitrogens with zero attached hydrogens (tertiary/aromatic N) is 2. The Hall–Kier alpha value is -3.08. The number of rotatable bonds is 5. The minimum atomic E-state index is -0.309. The highest BCUT2D eigenvalue weighted by Gasteiger charge is 2.22. The van der Waals surface area contributed by atoms with E-state index >= 15 is 0 Å². The van der Waals surface area contributed by atoms with E-state index in [4.69, 9.17) is 4.42 Å². The van der Waals surface area contributed by atoms with Crippen LogP contribution in [-0.4, -0.2) is 37.0 Å². The van der Waals surface area contributed by atoms with Gasteiger partial charge >= 0.3 is 0 Å². The van der Waals surface area contributed by atoms with Crippen molar-refractivity contribution in [3.05, 3.63) is 77.3 Å². The zero-order valence-corrected chi connectivity index (χ0v) is 17.5. The van der Waals surface area contributed by atoms with Gasteiger partial charge in [-0.1, -0.05) is 24.3 Å². The Balaban J connectivity index is 1.31. The third-order valence-corrected chi connectivity index (χ3v) is 5.94. The maximum atomic E-state index is 13.9. The number of piperazine rings is 1. The molecule has 1 saturated heterocycles. The first kappa shape index (κ1) is 20.2. The van der Waals surface area contributed by atoms with Crippen LogP contribution in [0.5, 0.6) is 0 Å². The van der Waals surface area contributed by atoms with E-state index in [1.807, 2.05) is 11.0 Å². The lowest BCUT2D eigenvalue weighted by Crippen LogP contribution is -2.49. The average molecular weight is 407 g/mol. The molecule has 1 amide bonds. The molecule has 1 aliphatic rings. The van der Waals surface area contributed by atoms with E-state index in [0.717, 1.165) is 26.2 Å². The van der Waals surface area contributed by atoms with E-state index in [0.29, 0.717) is 29.9 Å². The quantitative estimate of drug-likeness (QED) is 0.599. The summed E-state index contributed by atoms with van der Waals surface area (Å²) in [4.78, 5) is 17.0. The second-order valence-corrected chi connectivity index (χ2v) is 7.83. The smallest absolute Gasteiger partial charge is 0.223 e. The van der Waals surface area contributed by atoms with Crippen LogP contribution in [0.2, 0.25) is 0 Å². The normalized spacial score (nSPS) is 14.2. The molecule has 156 valence electrons. The van der Waals surface area contributed by atoms with Gasteiger partial charge in [0.05, 0.1) is 5.56 Å². The molecule has 3 aromatic rings. The third kappa shape index (κ3) is 4.25. The molecule has 1 aliphatic heterocycles. The maximum Gasteiger partial charge on any atom is 0.223 e. The molecule has 0 atom stereocenters. The van der Waals surface area contributed by atoms with Crippen molar-refractivity contribution in [1.29, 1.82) is 0 Å². The van der Waals surface area contributed by atoms with Crippen molar-refractivity contribution in [3.8, 4) is 11.3 Å². The second-order valence-electron chi connectivity index (χ2n) is 7.83. The standard InChI is InChI=1S/C25H27FN2O2/c1-18-6-5-9-23(19(18)2)27-14-16-28(17-15-27)25(29)13-11-20-10-12-24(30-20)21-7-3-4-8-22(21)26/h3-10,12H,11,13-17H2,1-2H3. The lowest BCUT2D eigenvalue weighted by atomic mass is 10.1. The Bertz CT molecular complexity index is 1040. The van der Waals surface area contributed by atoms with Crippen LogP contribution in [0.15, 0.2) is 59.0 Å². The fourth-order valence-corrected chi connectivity index (χ4v) is 3.98.